The molecule has 0 saturated carbocycles. The van der Waals surface area contributed by atoms with Gasteiger partial charge < -0.3 is 5.11 Å². The summed E-state index contributed by atoms with van der Waals surface area (Å²) < 4.78 is 30.0. The first-order chi connectivity index (χ1) is 7.48. The first-order valence-electron chi connectivity index (χ1n) is 4.00. The number of nitrogens with one attached hydrogen (secondary N) is 1. The van der Waals surface area contributed by atoms with Crippen LogP contribution in [0.4, 0.5) is 5.69 Å². The summed E-state index contributed by atoms with van der Waals surface area (Å²) in [7, 11) is -4.11. The summed E-state index contributed by atoms with van der Waals surface area (Å²) in [6.45, 7) is 0. The van der Waals surface area contributed by atoms with E-state index in [0.29, 0.717) is 5.17 Å². The Morgan fingerprint density at radius 2 is 2.19 bits per heavy atom. The standard InChI is InChI=1S/C7H6N2O6S/c10-7(11)5-2-1-3-6(4-5)9-8-14-16(12,13)15-9/h1-4,8H,(H,10,11). The Bertz CT molecular complexity index is 527. The molecule has 1 heterocycles. The number of carbonyl (C=O) groups is 1. The predicted molar refractivity (Wildman–Crippen MR) is 50.1 cm³/mol. The molecule has 0 radical (unpaired) electrons. The summed E-state index contributed by atoms with van der Waals surface area (Å²) in [6.07, 6.45) is 0. The molecule has 0 aromatic heterocycles. The number of benzene rings is 1. The summed E-state index contributed by atoms with van der Waals surface area (Å²) in [5.41, 5.74) is 2.13. The summed E-state index contributed by atoms with van der Waals surface area (Å²) in [5.74, 6) is -1.13. The van der Waals surface area contributed by atoms with E-state index < -0.39 is 16.4 Å². The van der Waals surface area contributed by atoms with Crippen molar-refractivity contribution in [3.8, 4) is 0 Å². The quantitative estimate of drug-likeness (QED) is 0.740. The average Bonchev–Trinajstić information content (AvgIpc) is 2.59. The molecule has 1 aromatic rings. The Morgan fingerprint density at radius 3 is 2.75 bits per heavy atom. The van der Waals surface area contributed by atoms with Crippen LogP contribution in [0, 0.1) is 0 Å². The summed E-state index contributed by atoms with van der Waals surface area (Å²) in [6, 6.07) is 5.47. The van der Waals surface area contributed by atoms with Gasteiger partial charge in [0, 0.05) is 0 Å². The molecule has 1 fully saturated rings. The lowest BCUT2D eigenvalue weighted by Crippen LogP contribution is -2.28. The third-order valence-corrected chi connectivity index (χ3v) is 2.33. The molecule has 2 rings (SSSR count). The van der Waals surface area contributed by atoms with Crippen molar-refractivity contribution in [1.82, 2.24) is 5.59 Å². The topological polar surface area (TPSA) is 105 Å². The molecule has 1 aromatic carbocycles. The van der Waals surface area contributed by atoms with Crippen LogP contribution in [0.5, 0.6) is 0 Å². The highest BCUT2D eigenvalue weighted by molar-refractivity contribution is 7.82. The molecule has 1 saturated heterocycles. The van der Waals surface area contributed by atoms with Crippen molar-refractivity contribution >= 4 is 22.1 Å². The van der Waals surface area contributed by atoms with Crippen LogP contribution in [0.25, 0.3) is 0 Å². The normalized spacial score (nSPS) is 18.6. The Hall–Kier alpha value is -1.68. The Morgan fingerprint density at radius 1 is 1.44 bits per heavy atom. The smallest absolute Gasteiger partial charge is 0.440 e. The van der Waals surface area contributed by atoms with Crippen molar-refractivity contribution in [2.75, 3.05) is 5.17 Å². The average molecular weight is 246 g/mol. The molecule has 9 heteroatoms. The van der Waals surface area contributed by atoms with Gasteiger partial charge in [0.1, 0.15) is 0 Å². The van der Waals surface area contributed by atoms with Gasteiger partial charge in [0.05, 0.1) is 11.3 Å². The fourth-order valence-electron chi connectivity index (χ4n) is 1.06. The molecule has 0 atom stereocenters. The first kappa shape index (κ1) is 10.8. The van der Waals surface area contributed by atoms with Crippen molar-refractivity contribution < 1.29 is 26.9 Å². The highest BCUT2D eigenvalue weighted by Crippen LogP contribution is 2.19. The van der Waals surface area contributed by atoms with Crippen molar-refractivity contribution in [2.45, 2.75) is 0 Å². The molecule has 86 valence electrons. The lowest BCUT2D eigenvalue weighted by molar-refractivity contribution is 0.0696. The van der Waals surface area contributed by atoms with Crippen LogP contribution in [0.3, 0.4) is 0 Å². The van der Waals surface area contributed by atoms with E-state index >= 15 is 0 Å². The largest absolute Gasteiger partial charge is 0.478 e. The van der Waals surface area contributed by atoms with Gasteiger partial charge in [-0.25, -0.2) is 4.79 Å². The summed E-state index contributed by atoms with van der Waals surface area (Å²) in [4.78, 5) is 10.7. The second-order valence-corrected chi connectivity index (χ2v) is 3.94. The van der Waals surface area contributed by atoms with Crippen molar-refractivity contribution in [3.05, 3.63) is 29.8 Å². The maximum absolute atomic E-state index is 10.8. The van der Waals surface area contributed by atoms with Gasteiger partial charge in [-0.05, 0) is 18.2 Å². The minimum absolute atomic E-state index is 0.00722. The van der Waals surface area contributed by atoms with Gasteiger partial charge in [0.25, 0.3) is 0 Å². The highest BCUT2D eigenvalue weighted by atomic mass is 32.3. The van der Waals surface area contributed by atoms with Crippen LogP contribution >= 0.6 is 0 Å². The van der Waals surface area contributed by atoms with Crippen LogP contribution in [0.15, 0.2) is 24.3 Å². The van der Waals surface area contributed by atoms with E-state index in [2.05, 4.69) is 8.57 Å². The third kappa shape index (κ3) is 2.12. The van der Waals surface area contributed by atoms with Crippen molar-refractivity contribution in [3.63, 3.8) is 0 Å². The second kappa shape index (κ2) is 3.72. The number of hydrogen-bond acceptors (Lipinski definition) is 7. The molecule has 2 N–H and O–H groups in total. The zero-order valence-corrected chi connectivity index (χ0v) is 8.47. The van der Waals surface area contributed by atoms with Gasteiger partial charge in [0.2, 0.25) is 0 Å². The number of carboxylic acids is 1. The van der Waals surface area contributed by atoms with E-state index in [4.69, 9.17) is 5.11 Å². The fraction of sp³-hybridized carbons (Fsp3) is 0. The molecule has 1 aliphatic rings. The molecule has 0 spiro atoms. The van der Waals surface area contributed by atoms with E-state index in [0.717, 1.165) is 0 Å². The Labute approximate surface area is 90.2 Å². The number of nitrogens with zero attached hydrogens (tertiary/aromatic N) is 1. The minimum atomic E-state index is -4.11. The maximum atomic E-state index is 10.8. The van der Waals surface area contributed by atoms with Crippen LogP contribution < -0.4 is 10.8 Å². The van der Waals surface area contributed by atoms with E-state index in [-0.39, 0.29) is 11.3 Å². The van der Waals surface area contributed by atoms with Crippen molar-refractivity contribution in [2.24, 2.45) is 0 Å². The zero-order valence-electron chi connectivity index (χ0n) is 7.65. The molecule has 0 bridgehead atoms. The van der Waals surface area contributed by atoms with Crippen LogP contribution in [0.1, 0.15) is 10.4 Å². The monoisotopic (exact) mass is 246 g/mol. The number of hydrogen-bond donors (Lipinski definition) is 2. The van der Waals surface area contributed by atoms with E-state index in [1.165, 1.54) is 24.3 Å². The molecule has 0 unspecified atom stereocenters. The number of carboxylic acid groups (broad SMARTS) is 1. The second-order valence-electron chi connectivity index (χ2n) is 2.81. The number of rotatable bonds is 2. The van der Waals surface area contributed by atoms with Gasteiger partial charge in [-0.2, -0.15) is 8.42 Å². The van der Waals surface area contributed by atoms with Crippen LogP contribution in [-0.2, 0) is 19.0 Å². The zero-order chi connectivity index (χ0) is 11.8. The molecule has 1 aliphatic heterocycles. The van der Waals surface area contributed by atoms with Gasteiger partial charge in [-0.15, -0.1) is 13.7 Å². The molecule has 16 heavy (non-hydrogen) atoms. The Balaban J connectivity index is 2.28. The molecule has 0 aliphatic carbocycles. The Kier molecular flexibility index (Phi) is 2.52. The third-order valence-electron chi connectivity index (χ3n) is 1.72. The lowest BCUT2D eigenvalue weighted by atomic mass is 10.2. The highest BCUT2D eigenvalue weighted by Gasteiger charge is 2.29. The fourth-order valence-corrected chi connectivity index (χ4v) is 1.55. The SMILES string of the molecule is O=C(O)c1cccc(N2NOS(=O)(=O)O2)c1. The summed E-state index contributed by atoms with van der Waals surface area (Å²) >= 11 is 0. The summed E-state index contributed by atoms with van der Waals surface area (Å²) in [5, 5.41) is 9.42. The van der Waals surface area contributed by atoms with Crippen LogP contribution in [0.2, 0.25) is 0 Å². The first-order valence-corrected chi connectivity index (χ1v) is 5.33. The molecular formula is C7H6N2O6S. The lowest BCUT2D eigenvalue weighted by Gasteiger charge is -2.10. The van der Waals surface area contributed by atoms with Gasteiger partial charge >= 0.3 is 16.4 Å². The predicted octanol–water partition coefficient (Wildman–Crippen LogP) is -0.183. The van der Waals surface area contributed by atoms with Crippen LogP contribution in [-0.4, -0.2) is 19.5 Å². The van der Waals surface area contributed by atoms with E-state index in [9.17, 15) is 13.2 Å². The van der Waals surface area contributed by atoms with E-state index in [1.807, 2.05) is 5.59 Å². The van der Waals surface area contributed by atoms with E-state index in [1.54, 1.807) is 0 Å². The minimum Gasteiger partial charge on any atom is -0.478 e. The molecule has 8 nitrogen and oxygen atoms in total. The number of anilines is 1. The van der Waals surface area contributed by atoms with Gasteiger partial charge in [0.15, 0.2) is 0 Å². The van der Waals surface area contributed by atoms with Gasteiger partial charge in [-0.1, -0.05) is 11.7 Å². The molecule has 0 amide bonds. The van der Waals surface area contributed by atoms with Gasteiger partial charge in [-0.3, -0.25) is 0 Å². The molecular weight excluding hydrogens is 240 g/mol. The van der Waals surface area contributed by atoms with Crippen molar-refractivity contribution in [1.29, 1.82) is 0 Å². The maximum Gasteiger partial charge on any atom is 0.440 e. The number of hydrazine groups is 1. The number of aromatic carboxylic acids is 1.